The lowest BCUT2D eigenvalue weighted by atomic mass is 10.1. The summed E-state index contributed by atoms with van der Waals surface area (Å²) < 4.78 is 5.97. The summed E-state index contributed by atoms with van der Waals surface area (Å²) in [5.41, 5.74) is 0.877. The topological polar surface area (TPSA) is 104 Å². The van der Waals surface area contributed by atoms with Crippen molar-refractivity contribution in [2.24, 2.45) is 0 Å². The first kappa shape index (κ1) is 19.6. The third kappa shape index (κ3) is 4.04. The maximum Gasteiger partial charge on any atom is 0.325 e. The van der Waals surface area contributed by atoms with Gasteiger partial charge in [0, 0.05) is 17.4 Å². The van der Waals surface area contributed by atoms with Crippen LogP contribution in [-0.4, -0.2) is 27.6 Å². The summed E-state index contributed by atoms with van der Waals surface area (Å²) in [6, 6.07) is 13.2. The summed E-state index contributed by atoms with van der Waals surface area (Å²) in [5.74, 6) is -0.566. The molecule has 0 fully saturated rings. The number of nitrogens with zero attached hydrogens (tertiary/aromatic N) is 3. The van der Waals surface area contributed by atoms with E-state index in [1.165, 1.54) is 35.6 Å². The molecule has 0 saturated heterocycles. The SMILES string of the molecule is COC(=O)Cn1c(SC(C)c2cccc([N+](=O)[O-])c2)nc2ccccc2c1=O. The number of para-hydroxylation sites is 1. The van der Waals surface area contributed by atoms with Gasteiger partial charge < -0.3 is 4.74 Å². The van der Waals surface area contributed by atoms with Crippen molar-refractivity contribution in [1.29, 1.82) is 0 Å². The van der Waals surface area contributed by atoms with E-state index >= 15 is 0 Å². The van der Waals surface area contributed by atoms with Gasteiger partial charge in [-0.15, -0.1) is 0 Å². The zero-order valence-electron chi connectivity index (χ0n) is 15.2. The lowest BCUT2D eigenvalue weighted by Gasteiger charge is -2.16. The Morgan fingerprint density at radius 3 is 2.75 bits per heavy atom. The van der Waals surface area contributed by atoms with Gasteiger partial charge in [-0.25, -0.2) is 4.98 Å². The van der Waals surface area contributed by atoms with Gasteiger partial charge in [-0.05, 0) is 24.6 Å². The molecule has 0 amide bonds. The summed E-state index contributed by atoms with van der Waals surface area (Å²) >= 11 is 1.25. The van der Waals surface area contributed by atoms with Gasteiger partial charge >= 0.3 is 5.97 Å². The molecule has 3 rings (SSSR count). The number of aromatic nitrogens is 2. The van der Waals surface area contributed by atoms with Crippen molar-refractivity contribution in [2.45, 2.75) is 23.9 Å². The molecular weight excluding hydrogens is 382 g/mol. The van der Waals surface area contributed by atoms with Gasteiger partial charge in [0.2, 0.25) is 0 Å². The van der Waals surface area contributed by atoms with Gasteiger partial charge in [-0.2, -0.15) is 0 Å². The molecule has 0 aliphatic heterocycles. The van der Waals surface area contributed by atoms with E-state index in [1.54, 1.807) is 36.4 Å². The van der Waals surface area contributed by atoms with Gasteiger partial charge in [-0.3, -0.25) is 24.3 Å². The fourth-order valence-electron chi connectivity index (χ4n) is 2.69. The highest BCUT2D eigenvalue weighted by Crippen LogP contribution is 2.35. The number of nitro benzene ring substituents is 1. The molecule has 0 spiro atoms. The minimum absolute atomic E-state index is 0.0108. The van der Waals surface area contributed by atoms with Crippen molar-refractivity contribution in [2.75, 3.05) is 7.11 Å². The average Bonchev–Trinajstić information content (AvgIpc) is 2.70. The van der Waals surface area contributed by atoms with E-state index in [0.717, 1.165) is 0 Å². The lowest BCUT2D eigenvalue weighted by molar-refractivity contribution is -0.384. The second-order valence-electron chi connectivity index (χ2n) is 5.99. The summed E-state index contributed by atoms with van der Waals surface area (Å²) in [5, 5.41) is 11.5. The Hall–Kier alpha value is -3.20. The molecule has 144 valence electrons. The monoisotopic (exact) mass is 399 g/mol. The average molecular weight is 399 g/mol. The maximum absolute atomic E-state index is 12.9. The maximum atomic E-state index is 12.9. The van der Waals surface area contributed by atoms with E-state index in [0.29, 0.717) is 21.6 Å². The van der Waals surface area contributed by atoms with Crippen LogP contribution in [-0.2, 0) is 16.1 Å². The molecule has 0 radical (unpaired) electrons. The smallest absolute Gasteiger partial charge is 0.325 e. The van der Waals surface area contributed by atoms with Crippen LogP contribution in [0.5, 0.6) is 0 Å². The number of carbonyl (C=O) groups is 1. The number of rotatable bonds is 6. The Balaban J connectivity index is 2.04. The highest BCUT2D eigenvalue weighted by Gasteiger charge is 2.19. The molecule has 0 saturated carbocycles. The molecular formula is C19H17N3O5S. The summed E-state index contributed by atoms with van der Waals surface area (Å²) in [6.45, 7) is 1.59. The second-order valence-corrected chi connectivity index (χ2v) is 7.30. The quantitative estimate of drug-likeness (QED) is 0.206. The van der Waals surface area contributed by atoms with Gasteiger partial charge in [0.1, 0.15) is 6.54 Å². The number of thioether (sulfide) groups is 1. The zero-order valence-corrected chi connectivity index (χ0v) is 16.0. The van der Waals surface area contributed by atoms with E-state index in [9.17, 15) is 19.7 Å². The van der Waals surface area contributed by atoms with Gasteiger partial charge in [-0.1, -0.05) is 36.0 Å². The number of hydrogen-bond donors (Lipinski definition) is 0. The molecule has 9 heteroatoms. The van der Waals surface area contributed by atoms with Gasteiger partial charge in [0.25, 0.3) is 11.2 Å². The van der Waals surface area contributed by atoms with Crippen molar-refractivity contribution in [3.05, 3.63) is 74.6 Å². The van der Waals surface area contributed by atoms with Crippen molar-refractivity contribution in [1.82, 2.24) is 9.55 Å². The van der Waals surface area contributed by atoms with E-state index < -0.39 is 10.9 Å². The Morgan fingerprint density at radius 1 is 1.29 bits per heavy atom. The Bertz CT molecular complexity index is 1110. The number of nitro groups is 1. The van der Waals surface area contributed by atoms with Crippen LogP contribution < -0.4 is 5.56 Å². The summed E-state index contributed by atoms with van der Waals surface area (Å²) in [7, 11) is 1.25. The van der Waals surface area contributed by atoms with Crippen molar-refractivity contribution < 1.29 is 14.5 Å². The Kier molecular flexibility index (Phi) is 5.74. The van der Waals surface area contributed by atoms with Crippen LogP contribution >= 0.6 is 11.8 Å². The molecule has 0 bridgehead atoms. The van der Waals surface area contributed by atoms with E-state index in [2.05, 4.69) is 4.98 Å². The lowest BCUT2D eigenvalue weighted by Crippen LogP contribution is -2.27. The minimum atomic E-state index is -0.566. The molecule has 1 aromatic heterocycles. The number of hydrogen-bond acceptors (Lipinski definition) is 7. The van der Waals surface area contributed by atoms with E-state index in [4.69, 9.17) is 4.74 Å². The number of non-ortho nitro benzene ring substituents is 1. The molecule has 0 aliphatic rings. The Morgan fingerprint density at radius 2 is 2.04 bits per heavy atom. The Labute approximate surface area is 164 Å². The number of fused-ring (bicyclic) bond motifs is 1. The first-order valence-electron chi connectivity index (χ1n) is 8.38. The predicted molar refractivity (Wildman–Crippen MR) is 105 cm³/mol. The number of benzene rings is 2. The van der Waals surface area contributed by atoms with Crippen LogP contribution in [0.2, 0.25) is 0 Å². The number of carbonyl (C=O) groups excluding carboxylic acids is 1. The molecule has 1 atom stereocenters. The second kappa shape index (κ2) is 8.22. The van der Waals surface area contributed by atoms with E-state index in [1.807, 2.05) is 6.92 Å². The van der Waals surface area contributed by atoms with Gasteiger partial charge in [0.05, 0.1) is 22.9 Å². The van der Waals surface area contributed by atoms with E-state index in [-0.39, 0.29) is 23.0 Å². The van der Waals surface area contributed by atoms with Crippen molar-refractivity contribution >= 4 is 34.3 Å². The number of ether oxygens (including phenoxy) is 1. The molecule has 0 aliphatic carbocycles. The largest absolute Gasteiger partial charge is 0.468 e. The predicted octanol–water partition coefficient (Wildman–Crippen LogP) is 3.33. The van der Waals surface area contributed by atoms with Gasteiger partial charge in [0.15, 0.2) is 5.16 Å². The fraction of sp³-hybridized carbons (Fsp3) is 0.211. The zero-order chi connectivity index (χ0) is 20.3. The van der Waals surface area contributed by atoms with Crippen LogP contribution in [0.15, 0.2) is 58.5 Å². The van der Waals surface area contributed by atoms with Crippen LogP contribution in [0.1, 0.15) is 17.7 Å². The van der Waals surface area contributed by atoms with Crippen molar-refractivity contribution in [3.63, 3.8) is 0 Å². The van der Waals surface area contributed by atoms with Crippen molar-refractivity contribution in [3.8, 4) is 0 Å². The standard InChI is InChI=1S/C19H17N3O5S/c1-12(13-6-5-7-14(10-13)22(25)26)28-19-20-16-9-4-3-8-15(16)18(24)21(19)11-17(23)27-2/h3-10,12H,11H2,1-2H3. The molecule has 1 heterocycles. The molecule has 0 N–H and O–H groups in total. The third-order valence-corrected chi connectivity index (χ3v) is 5.32. The molecule has 1 unspecified atom stereocenters. The summed E-state index contributed by atoms with van der Waals surface area (Å²) in [4.78, 5) is 39.8. The normalized spacial score (nSPS) is 11.9. The molecule has 28 heavy (non-hydrogen) atoms. The fourth-order valence-corrected chi connectivity index (χ4v) is 3.71. The number of esters is 1. The number of methoxy groups -OCH3 is 1. The molecule has 8 nitrogen and oxygen atoms in total. The van der Waals surface area contributed by atoms with Crippen LogP contribution in [0, 0.1) is 10.1 Å². The highest BCUT2D eigenvalue weighted by atomic mass is 32.2. The first-order chi connectivity index (χ1) is 13.4. The summed E-state index contributed by atoms with van der Waals surface area (Å²) in [6.07, 6.45) is 0. The molecule has 3 aromatic rings. The van der Waals surface area contributed by atoms with Crippen LogP contribution in [0.4, 0.5) is 5.69 Å². The third-order valence-electron chi connectivity index (χ3n) is 4.17. The first-order valence-corrected chi connectivity index (χ1v) is 9.26. The highest BCUT2D eigenvalue weighted by molar-refractivity contribution is 7.99. The molecule has 2 aromatic carbocycles. The minimum Gasteiger partial charge on any atom is -0.468 e. The van der Waals surface area contributed by atoms with Crippen LogP contribution in [0.25, 0.3) is 10.9 Å². The van der Waals surface area contributed by atoms with Crippen LogP contribution in [0.3, 0.4) is 0 Å².